The highest BCUT2D eigenvalue weighted by molar-refractivity contribution is 5.79. The largest absolute Gasteiger partial charge is 0.478 e. The van der Waals surface area contributed by atoms with Crippen molar-refractivity contribution in [3.05, 3.63) is 48.0 Å². The van der Waals surface area contributed by atoms with Gasteiger partial charge in [0, 0.05) is 6.08 Å². The summed E-state index contributed by atoms with van der Waals surface area (Å²) >= 11 is 0. The molecule has 1 atom stereocenters. The number of carboxylic acid groups (broad SMARTS) is 1. The summed E-state index contributed by atoms with van der Waals surface area (Å²) in [6, 6.07) is 9.79. The minimum Gasteiger partial charge on any atom is -0.478 e. The Morgan fingerprint density at radius 1 is 1.38 bits per heavy atom. The van der Waals surface area contributed by atoms with Crippen LogP contribution in [0.3, 0.4) is 0 Å². The van der Waals surface area contributed by atoms with Crippen LogP contribution in [0.2, 0.25) is 0 Å². The van der Waals surface area contributed by atoms with Gasteiger partial charge in [0.25, 0.3) is 0 Å². The van der Waals surface area contributed by atoms with E-state index >= 15 is 0 Å². The van der Waals surface area contributed by atoms with Crippen molar-refractivity contribution in [3.63, 3.8) is 0 Å². The van der Waals surface area contributed by atoms with Gasteiger partial charge in [-0.25, -0.2) is 4.79 Å². The molecule has 0 aliphatic heterocycles. The van der Waals surface area contributed by atoms with Gasteiger partial charge in [-0.1, -0.05) is 30.3 Å². The minimum atomic E-state index is -1.08. The van der Waals surface area contributed by atoms with Gasteiger partial charge in [0.15, 0.2) is 0 Å². The SMILES string of the molecule is CC(O)(C=CC(=O)O)CCc1ccccc1. The Morgan fingerprint density at radius 3 is 2.56 bits per heavy atom. The van der Waals surface area contributed by atoms with Gasteiger partial charge in [-0.2, -0.15) is 0 Å². The lowest BCUT2D eigenvalue weighted by atomic mass is 9.96. The lowest BCUT2D eigenvalue weighted by Gasteiger charge is -2.18. The first-order valence-corrected chi connectivity index (χ1v) is 5.18. The van der Waals surface area contributed by atoms with E-state index in [0.29, 0.717) is 6.42 Å². The molecule has 0 saturated heterocycles. The molecule has 0 bridgehead atoms. The second kappa shape index (κ2) is 5.47. The van der Waals surface area contributed by atoms with Crippen molar-refractivity contribution in [2.45, 2.75) is 25.4 Å². The third kappa shape index (κ3) is 4.75. The highest BCUT2D eigenvalue weighted by atomic mass is 16.4. The topological polar surface area (TPSA) is 57.5 Å². The summed E-state index contributed by atoms with van der Waals surface area (Å²) in [5, 5.41) is 18.3. The van der Waals surface area contributed by atoms with Crippen molar-refractivity contribution < 1.29 is 15.0 Å². The predicted octanol–water partition coefficient (Wildman–Crippen LogP) is 2.01. The first-order valence-electron chi connectivity index (χ1n) is 5.18. The molecule has 0 saturated carbocycles. The number of aliphatic carboxylic acids is 1. The molecule has 0 aliphatic rings. The second-order valence-electron chi connectivity index (χ2n) is 4.01. The molecule has 16 heavy (non-hydrogen) atoms. The van der Waals surface area contributed by atoms with E-state index in [1.165, 1.54) is 6.08 Å². The maximum Gasteiger partial charge on any atom is 0.328 e. The summed E-state index contributed by atoms with van der Waals surface area (Å²) in [4.78, 5) is 10.3. The molecule has 1 aromatic carbocycles. The predicted molar refractivity (Wildman–Crippen MR) is 62.2 cm³/mol. The van der Waals surface area contributed by atoms with Gasteiger partial charge in [0.05, 0.1) is 5.60 Å². The Morgan fingerprint density at radius 2 is 2.00 bits per heavy atom. The smallest absolute Gasteiger partial charge is 0.328 e. The van der Waals surface area contributed by atoms with Crippen LogP contribution in [0.1, 0.15) is 18.9 Å². The number of rotatable bonds is 5. The van der Waals surface area contributed by atoms with E-state index in [1.54, 1.807) is 6.92 Å². The Kier molecular flexibility index (Phi) is 4.26. The second-order valence-corrected chi connectivity index (χ2v) is 4.01. The van der Waals surface area contributed by atoms with E-state index in [0.717, 1.165) is 18.1 Å². The average molecular weight is 220 g/mol. The van der Waals surface area contributed by atoms with Crippen molar-refractivity contribution in [3.8, 4) is 0 Å². The number of aliphatic hydroxyl groups is 1. The van der Waals surface area contributed by atoms with Gasteiger partial charge in [-0.3, -0.25) is 0 Å². The Bertz CT molecular complexity index is 366. The molecule has 0 radical (unpaired) electrons. The molecule has 2 N–H and O–H groups in total. The number of carboxylic acids is 1. The normalized spacial score (nSPS) is 14.9. The zero-order valence-corrected chi connectivity index (χ0v) is 9.26. The highest BCUT2D eigenvalue weighted by Gasteiger charge is 2.16. The van der Waals surface area contributed by atoms with Crippen LogP contribution in [0, 0.1) is 0 Å². The summed E-state index contributed by atoms with van der Waals surface area (Å²) < 4.78 is 0. The minimum absolute atomic E-state index is 0.501. The van der Waals surface area contributed by atoms with E-state index < -0.39 is 11.6 Å². The molecule has 1 rings (SSSR count). The van der Waals surface area contributed by atoms with E-state index in [9.17, 15) is 9.90 Å². The van der Waals surface area contributed by atoms with Crippen molar-refractivity contribution in [1.29, 1.82) is 0 Å². The van der Waals surface area contributed by atoms with Crippen molar-refractivity contribution >= 4 is 5.97 Å². The molecule has 3 nitrogen and oxygen atoms in total. The van der Waals surface area contributed by atoms with Crippen LogP contribution < -0.4 is 0 Å². The van der Waals surface area contributed by atoms with Gasteiger partial charge in [-0.05, 0) is 31.4 Å². The van der Waals surface area contributed by atoms with Crippen LogP contribution in [0.5, 0.6) is 0 Å². The van der Waals surface area contributed by atoms with Gasteiger partial charge in [0.1, 0.15) is 0 Å². The summed E-state index contributed by atoms with van der Waals surface area (Å²) in [6.07, 6.45) is 3.52. The van der Waals surface area contributed by atoms with Gasteiger partial charge in [0.2, 0.25) is 0 Å². The number of aryl methyl sites for hydroxylation is 1. The Hall–Kier alpha value is -1.61. The Labute approximate surface area is 95.0 Å². The molecule has 1 unspecified atom stereocenters. The fourth-order valence-electron chi connectivity index (χ4n) is 1.38. The zero-order chi connectivity index (χ0) is 12.0. The lowest BCUT2D eigenvalue weighted by Crippen LogP contribution is -2.22. The molecular formula is C13H16O3. The summed E-state index contributed by atoms with van der Waals surface area (Å²) in [5.74, 6) is -1.04. The standard InChI is InChI=1S/C13H16O3/c1-13(16,10-8-12(14)15)9-7-11-5-3-2-4-6-11/h2-6,8,10,16H,7,9H2,1H3,(H,14,15). The molecule has 0 aromatic heterocycles. The summed E-state index contributed by atoms with van der Waals surface area (Å²) in [6.45, 7) is 1.61. The molecule has 0 fully saturated rings. The molecule has 0 spiro atoms. The van der Waals surface area contributed by atoms with E-state index in [1.807, 2.05) is 30.3 Å². The van der Waals surface area contributed by atoms with Crippen LogP contribution in [0.25, 0.3) is 0 Å². The van der Waals surface area contributed by atoms with E-state index in [4.69, 9.17) is 5.11 Å². The monoisotopic (exact) mass is 220 g/mol. The van der Waals surface area contributed by atoms with E-state index in [2.05, 4.69) is 0 Å². The average Bonchev–Trinajstić information content (AvgIpc) is 2.26. The quantitative estimate of drug-likeness (QED) is 0.746. The molecule has 0 heterocycles. The first kappa shape index (κ1) is 12.5. The van der Waals surface area contributed by atoms with Gasteiger partial charge in [-0.15, -0.1) is 0 Å². The molecule has 3 heteroatoms. The number of benzene rings is 1. The van der Waals surface area contributed by atoms with Crippen LogP contribution in [-0.4, -0.2) is 21.8 Å². The maximum absolute atomic E-state index is 10.3. The number of hydrogen-bond acceptors (Lipinski definition) is 2. The van der Waals surface area contributed by atoms with E-state index in [-0.39, 0.29) is 0 Å². The van der Waals surface area contributed by atoms with Crippen molar-refractivity contribution in [1.82, 2.24) is 0 Å². The summed E-state index contributed by atoms with van der Waals surface area (Å²) in [5.41, 5.74) is 0.0559. The fourth-order valence-corrected chi connectivity index (χ4v) is 1.38. The first-order chi connectivity index (χ1) is 7.49. The lowest BCUT2D eigenvalue weighted by molar-refractivity contribution is -0.131. The van der Waals surface area contributed by atoms with Gasteiger partial charge < -0.3 is 10.2 Å². The van der Waals surface area contributed by atoms with Crippen LogP contribution in [0.15, 0.2) is 42.5 Å². The molecule has 86 valence electrons. The maximum atomic E-state index is 10.3. The number of hydrogen-bond donors (Lipinski definition) is 2. The van der Waals surface area contributed by atoms with Crippen LogP contribution >= 0.6 is 0 Å². The van der Waals surface area contributed by atoms with Crippen LogP contribution in [-0.2, 0) is 11.2 Å². The third-order valence-corrected chi connectivity index (χ3v) is 2.35. The zero-order valence-electron chi connectivity index (χ0n) is 9.26. The third-order valence-electron chi connectivity index (χ3n) is 2.35. The molecule has 0 aliphatic carbocycles. The van der Waals surface area contributed by atoms with Gasteiger partial charge >= 0.3 is 5.97 Å². The highest BCUT2D eigenvalue weighted by Crippen LogP contribution is 2.15. The van der Waals surface area contributed by atoms with Crippen LogP contribution in [0.4, 0.5) is 0 Å². The Balaban J connectivity index is 2.51. The summed E-state index contributed by atoms with van der Waals surface area (Å²) in [7, 11) is 0. The molecular weight excluding hydrogens is 204 g/mol. The number of carbonyl (C=O) groups is 1. The van der Waals surface area contributed by atoms with Crippen molar-refractivity contribution in [2.24, 2.45) is 0 Å². The molecule has 1 aromatic rings. The fraction of sp³-hybridized carbons (Fsp3) is 0.308. The van der Waals surface area contributed by atoms with Crippen molar-refractivity contribution in [2.75, 3.05) is 0 Å². The molecule has 0 amide bonds.